The van der Waals surface area contributed by atoms with Gasteiger partial charge in [0.2, 0.25) is 0 Å². The highest BCUT2D eigenvalue weighted by atomic mass is 19.3. The number of carbonyl (C=O) groups excluding carboxylic acids is 1. The fourth-order valence-corrected chi connectivity index (χ4v) is 1.81. The predicted molar refractivity (Wildman–Crippen MR) is 41.3 cm³/mol. The maximum Gasteiger partial charge on any atom is 0.309 e. The summed E-state index contributed by atoms with van der Waals surface area (Å²) in [5.74, 6) is -5.82. The van der Waals surface area contributed by atoms with Crippen LogP contribution in [0.1, 0.15) is 12.8 Å². The molecule has 0 spiro atoms. The van der Waals surface area contributed by atoms with Gasteiger partial charge in [-0.05, 0) is 17.9 Å². The number of carbonyl (C=O) groups is 1. The minimum Gasteiger partial charge on any atom is -0.469 e. The first-order valence-corrected chi connectivity index (χ1v) is 4.32. The molecule has 0 unspecified atom stereocenters. The van der Waals surface area contributed by atoms with E-state index in [2.05, 4.69) is 4.74 Å². The van der Waals surface area contributed by atoms with Crippen LogP contribution in [0.3, 0.4) is 0 Å². The number of esters is 1. The normalized spacial score (nSPS) is 33.7. The molecule has 78 valence electrons. The van der Waals surface area contributed by atoms with Gasteiger partial charge < -0.3 is 4.74 Å². The first kappa shape index (κ1) is 9.55. The second-order valence-corrected chi connectivity index (χ2v) is 3.69. The van der Waals surface area contributed by atoms with Crippen molar-refractivity contribution in [2.75, 3.05) is 7.11 Å². The number of ether oxygens (including phenoxy) is 1. The van der Waals surface area contributed by atoms with Crippen LogP contribution in [0, 0.1) is 11.8 Å². The third kappa shape index (κ3) is 1.22. The third-order valence-electron chi connectivity index (χ3n) is 2.76. The summed E-state index contributed by atoms with van der Waals surface area (Å²) in [6.45, 7) is 0. The van der Waals surface area contributed by atoms with Crippen LogP contribution >= 0.6 is 0 Å². The highest BCUT2D eigenvalue weighted by molar-refractivity contribution is 5.76. The SMILES string of the molecule is COC(=O)[C@H]1C[C@@H]1C1=C(F)C(F)(F)C1. The van der Waals surface area contributed by atoms with E-state index >= 15 is 0 Å². The largest absolute Gasteiger partial charge is 0.469 e. The minimum atomic E-state index is -3.29. The van der Waals surface area contributed by atoms with Gasteiger partial charge in [0.25, 0.3) is 0 Å². The lowest BCUT2D eigenvalue weighted by molar-refractivity contribution is -0.142. The van der Waals surface area contributed by atoms with E-state index in [4.69, 9.17) is 0 Å². The van der Waals surface area contributed by atoms with E-state index in [1.54, 1.807) is 0 Å². The Bertz CT molecular complexity index is 322. The number of methoxy groups -OCH3 is 1. The molecule has 2 atom stereocenters. The van der Waals surface area contributed by atoms with Gasteiger partial charge in [-0.15, -0.1) is 0 Å². The maximum absolute atomic E-state index is 12.8. The van der Waals surface area contributed by atoms with Gasteiger partial charge in [0.05, 0.1) is 13.0 Å². The van der Waals surface area contributed by atoms with Crippen molar-refractivity contribution in [2.45, 2.75) is 18.8 Å². The predicted octanol–water partition coefficient (Wildman–Crippen LogP) is 2.06. The first-order valence-electron chi connectivity index (χ1n) is 4.32. The lowest BCUT2D eigenvalue weighted by atomic mass is 9.88. The summed E-state index contributed by atoms with van der Waals surface area (Å²) < 4.78 is 42.1. The van der Waals surface area contributed by atoms with Crippen LogP contribution in [-0.2, 0) is 9.53 Å². The van der Waals surface area contributed by atoms with E-state index < -0.39 is 30.1 Å². The second-order valence-electron chi connectivity index (χ2n) is 3.69. The lowest BCUT2D eigenvalue weighted by Crippen LogP contribution is -2.30. The summed E-state index contributed by atoms with van der Waals surface area (Å²) >= 11 is 0. The van der Waals surface area contributed by atoms with Crippen molar-refractivity contribution >= 4 is 5.97 Å². The molecule has 1 fully saturated rings. The Morgan fingerprint density at radius 2 is 2.21 bits per heavy atom. The molecule has 0 N–H and O–H groups in total. The number of rotatable bonds is 2. The smallest absolute Gasteiger partial charge is 0.309 e. The monoisotopic (exact) mass is 206 g/mol. The minimum absolute atomic E-state index is 0.102. The third-order valence-corrected chi connectivity index (χ3v) is 2.76. The molecular weight excluding hydrogens is 197 g/mol. The molecule has 0 aromatic carbocycles. The number of allylic oxidation sites excluding steroid dienone is 2. The maximum atomic E-state index is 12.8. The topological polar surface area (TPSA) is 26.3 Å². The van der Waals surface area contributed by atoms with Crippen molar-refractivity contribution in [1.82, 2.24) is 0 Å². The van der Waals surface area contributed by atoms with Crippen LogP contribution < -0.4 is 0 Å². The Labute approximate surface area is 78.7 Å². The zero-order chi connectivity index (χ0) is 10.5. The summed E-state index contributed by atoms with van der Waals surface area (Å²) in [5, 5.41) is 0. The average molecular weight is 206 g/mol. The van der Waals surface area contributed by atoms with Gasteiger partial charge in [-0.2, -0.15) is 8.78 Å². The Balaban J connectivity index is 2.03. The first-order chi connectivity index (χ1) is 6.47. The highest BCUT2D eigenvalue weighted by Crippen LogP contribution is 2.56. The van der Waals surface area contributed by atoms with Gasteiger partial charge in [0, 0.05) is 6.42 Å². The summed E-state index contributed by atoms with van der Waals surface area (Å²) in [5.41, 5.74) is 0.102. The summed E-state index contributed by atoms with van der Waals surface area (Å²) in [6, 6.07) is 0. The fourth-order valence-electron chi connectivity index (χ4n) is 1.81. The van der Waals surface area contributed by atoms with E-state index in [0.29, 0.717) is 6.42 Å². The van der Waals surface area contributed by atoms with Crippen LogP contribution in [0.4, 0.5) is 13.2 Å². The Kier molecular flexibility index (Phi) is 1.87. The fraction of sp³-hybridized carbons (Fsp3) is 0.667. The zero-order valence-corrected chi connectivity index (χ0v) is 7.52. The summed E-state index contributed by atoms with van der Waals surface area (Å²) in [6.07, 6.45) is -0.109. The highest BCUT2D eigenvalue weighted by Gasteiger charge is 2.57. The molecule has 0 saturated heterocycles. The van der Waals surface area contributed by atoms with Crippen molar-refractivity contribution in [3.63, 3.8) is 0 Å². The Morgan fingerprint density at radius 3 is 2.64 bits per heavy atom. The molecule has 0 aromatic rings. The number of halogens is 3. The molecule has 5 heteroatoms. The van der Waals surface area contributed by atoms with Crippen LogP contribution in [-0.4, -0.2) is 19.0 Å². The summed E-state index contributed by atoms with van der Waals surface area (Å²) in [4.78, 5) is 10.9. The van der Waals surface area contributed by atoms with Gasteiger partial charge in [-0.25, -0.2) is 4.39 Å². The molecule has 0 heterocycles. The van der Waals surface area contributed by atoms with E-state index in [1.807, 2.05) is 0 Å². The van der Waals surface area contributed by atoms with Crippen molar-refractivity contribution in [3.05, 3.63) is 11.4 Å². The van der Waals surface area contributed by atoms with E-state index in [0.717, 1.165) is 0 Å². The molecule has 0 radical (unpaired) electrons. The van der Waals surface area contributed by atoms with Gasteiger partial charge in [0.15, 0.2) is 5.83 Å². The number of hydrogen-bond acceptors (Lipinski definition) is 2. The lowest BCUT2D eigenvalue weighted by Gasteiger charge is -2.27. The second kappa shape index (κ2) is 2.74. The number of alkyl halides is 2. The average Bonchev–Trinajstić information content (AvgIpc) is 2.92. The van der Waals surface area contributed by atoms with Crippen molar-refractivity contribution in [3.8, 4) is 0 Å². The molecule has 0 aromatic heterocycles. The van der Waals surface area contributed by atoms with Gasteiger partial charge in [-0.1, -0.05) is 0 Å². The van der Waals surface area contributed by atoms with Crippen LogP contribution in [0.2, 0.25) is 0 Å². The van der Waals surface area contributed by atoms with E-state index in [-0.39, 0.29) is 11.5 Å². The molecule has 0 aliphatic heterocycles. The van der Waals surface area contributed by atoms with Gasteiger partial charge in [-0.3, -0.25) is 4.79 Å². The standard InChI is InChI=1S/C9H9F3O2/c1-14-8(13)5-2-4(5)6-3-9(11,12)7(6)10/h4-5H,2-3H2,1H3/t4-,5-/m0/s1. The van der Waals surface area contributed by atoms with E-state index in [1.165, 1.54) is 7.11 Å². The van der Waals surface area contributed by atoms with Crippen LogP contribution in [0.5, 0.6) is 0 Å². The molecule has 2 aliphatic rings. The van der Waals surface area contributed by atoms with Crippen LogP contribution in [0.15, 0.2) is 11.4 Å². The molecule has 2 rings (SSSR count). The van der Waals surface area contributed by atoms with Crippen molar-refractivity contribution in [1.29, 1.82) is 0 Å². The number of hydrogen-bond donors (Lipinski definition) is 0. The van der Waals surface area contributed by atoms with Crippen molar-refractivity contribution < 1.29 is 22.7 Å². The van der Waals surface area contributed by atoms with E-state index in [9.17, 15) is 18.0 Å². The van der Waals surface area contributed by atoms with Gasteiger partial charge >= 0.3 is 11.9 Å². The molecule has 0 amide bonds. The molecule has 1 saturated carbocycles. The quantitative estimate of drug-likeness (QED) is 0.646. The van der Waals surface area contributed by atoms with Crippen molar-refractivity contribution in [2.24, 2.45) is 11.8 Å². The van der Waals surface area contributed by atoms with Gasteiger partial charge in [0.1, 0.15) is 0 Å². The molecule has 2 nitrogen and oxygen atoms in total. The Hall–Kier alpha value is -1.00. The zero-order valence-electron chi connectivity index (χ0n) is 7.52. The molecular formula is C9H9F3O2. The molecule has 14 heavy (non-hydrogen) atoms. The molecule has 2 aliphatic carbocycles. The van der Waals surface area contributed by atoms with Crippen LogP contribution in [0.25, 0.3) is 0 Å². The summed E-state index contributed by atoms with van der Waals surface area (Å²) in [7, 11) is 1.23. The Morgan fingerprint density at radius 1 is 1.57 bits per heavy atom. The molecule has 0 bridgehead atoms.